The van der Waals surface area contributed by atoms with E-state index in [9.17, 15) is 18.0 Å². The minimum atomic E-state index is -4.73. The Morgan fingerprint density at radius 1 is 0.909 bits per heavy atom. The summed E-state index contributed by atoms with van der Waals surface area (Å²) in [7, 11) is 2.10. The number of likely N-dealkylation sites (tertiary alicyclic amines) is 1. The molecule has 8 heteroatoms. The van der Waals surface area contributed by atoms with Crippen LogP contribution in [0, 0.1) is 0 Å². The molecule has 5 nitrogen and oxygen atoms in total. The fraction of sp³-hybridized carbons (Fsp3) is 0.480. The molecule has 0 N–H and O–H groups in total. The summed E-state index contributed by atoms with van der Waals surface area (Å²) in [6, 6.07) is 14.2. The van der Waals surface area contributed by atoms with Crippen molar-refractivity contribution in [1.29, 1.82) is 0 Å². The first-order valence-electron chi connectivity index (χ1n) is 11.4. The van der Waals surface area contributed by atoms with Gasteiger partial charge < -0.3 is 9.64 Å². The van der Waals surface area contributed by atoms with Gasteiger partial charge in [-0.25, -0.2) is 5.01 Å². The Morgan fingerprint density at radius 2 is 1.45 bits per heavy atom. The smallest absolute Gasteiger partial charge is 0.406 e. The van der Waals surface area contributed by atoms with Crippen molar-refractivity contribution < 1.29 is 22.7 Å². The number of halogens is 3. The standard InChI is InChI=1S/C25H30F3N3O2/c1-3-19-4-6-21(7-5-19)18-31-24(12-14-29(2)15-13-24)16-23(32)30(31)17-20-8-10-22(11-9-20)33-25(26,27)28/h4-11H,3,12-18H2,1-2H3. The summed E-state index contributed by atoms with van der Waals surface area (Å²) in [5.74, 6) is -0.209. The van der Waals surface area contributed by atoms with Crippen molar-refractivity contribution in [2.45, 2.75) is 57.6 Å². The molecule has 178 valence electrons. The molecule has 2 fully saturated rings. The Bertz CT molecular complexity index is 952. The van der Waals surface area contributed by atoms with Crippen LogP contribution < -0.4 is 4.74 Å². The van der Waals surface area contributed by atoms with Crippen LogP contribution in [0.25, 0.3) is 0 Å². The fourth-order valence-corrected chi connectivity index (χ4v) is 4.77. The second-order valence-electron chi connectivity index (χ2n) is 9.08. The molecule has 2 saturated heterocycles. The Balaban J connectivity index is 1.57. The molecule has 0 bridgehead atoms. The minimum Gasteiger partial charge on any atom is -0.406 e. The molecule has 2 aromatic rings. The highest BCUT2D eigenvalue weighted by Crippen LogP contribution is 2.41. The molecule has 2 aliphatic heterocycles. The van der Waals surface area contributed by atoms with E-state index in [2.05, 4.69) is 52.9 Å². The van der Waals surface area contributed by atoms with E-state index in [-0.39, 0.29) is 17.2 Å². The number of piperidine rings is 1. The second kappa shape index (κ2) is 9.35. The van der Waals surface area contributed by atoms with Crippen molar-refractivity contribution in [3.05, 3.63) is 65.2 Å². The Hall–Kier alpha value is -2.58. The van der Waals surface area contributed by atoms with Crippen molar-refractivity contribution in [3.8, 4) is 5.75 Å². The zero-order chi connectivity index (χ0) is 23.6. The lowest BCUT2D eigenvalue weighted by Gasteiger charge is -2.45. The third-order valence-corrected chi connectivity index (χ3v) is 6.78. The van der Waals surface area contributed by atoms with Gasteiger partial charge in [-0.2, -0.15) is 0 Å². The van der Waals surface area contributed by atoms with E-state index in [1.807, 2.05) is 0 Å². The molecule has 1 spiro atoms. The number of rotatable bonds is 6. The number of carbonyl (C=O) groups is 1. The van der Waals surface area contributed by atoms with Gasteiger partial charge in [0, 0.05) is 13.0 Å². The maximum atomic E-state index is 13.2. The van der Waals surface area contributed by atoms with Gasteiger partial charge in [-0.05, 0) is 68.2 Å². The summed E-state index contributed by atoms with van der Waals surface area (Å²) in [5, 5.41) is 4.00. The van der Waals surface area contributed by atoms with Crippen LogP contribution in [0.15, 0.2) is 48.5 Å². The van der Waals surface area contributed by atoms with Gasteiger partial charge in [0.1, 0.15) is 5.75 Å². The van der Waals surface area contributed by atoms with Gasteiger partial charge in [0.2, 0.25) is 5.91 Å². The summed E-state index contributed by atoms with van der Waals surface area (Å²) >= 11 is 0. The summed E-state index contributed by atoms with van der Waals surface area (Å²) in [6.45, 7) is 4.91. The summed E-state index contributed by atoms with van der Waals surface area (Å²) in [6.07, 6.45) is -1.49. The van der Waals surface area contributed by atoms with E-state index in [0.717, 1.165) is 43.5 Å². The number of benzene rings is 2. The van der Waals surface area contributed by atoms with E-state index < -0.39 is 6.36 Å². The Labute approximate surface area is 192 Å². The van der Waals surface area contributed by atoms with Crippen LogP contribution in [0.2, 0.25) is 0 Å². The number of ether oxygens (including phenoxy) is 1. The van der Waals surface area contributed by atoms with E-state index in [1.54, 1.807) is 17.1 Å². The van der Waals surface area contributed by atoms with Gasteiger partial charge in [0.05, 0.1) is 12.1 Å². The highest BCUT2D eigenvalue weighted by atomic mass is 19.4. The molecule has 4 rings (SSSR count). The van der Waals surface area contributed by atoms with Crippen LogP contribution in [0.3, 0.4) is 0 Å². The average Bonchev–Trinajstić information content (AvgIpc) is 3.02. The average molecular weight is 462 g/mol. The van der Waals surface area contributed by atoms with Crippen LogP contribution >= 0.6 is 0 Å². The predicted octanol–water partition coefficient (Wildman–Crippen LogP) is 4.76. The monoisotopic (exact) mass is 461 g/mol. The first kappa shape index (κ1) is 23.6. The highest BCUT2D eigenvalue weighted by molar-refractivity contribution is 5.79. The highest BCUT2D eigenvalue weighted by Gasteiger charge is 2.50. The quantitative estimate of drug-likeness (QED) is 0.622. The molecule has 0 radical (unpaired) electrons. The van der Waals surface area contributed by atoms with Crippen LogP contribution in [-0.2, 0) is 24.3 Å². The van der Waals surface area contributed by atoms with Crippen molar-refractivity contribution >= 4 is 5.91 Å². The van der Waals surface area contributed by atoms with Gasteiger partial charge >= 0.3 is 6.36 Å². The van der Waals surface area contributed by atoms with Gasteiger partial charge in [-0.1, -0.05) is 43.3 Å². The molecule has 2 heterocycles. The number of carbonyl (C=O) groups excluding carboxylic acids is 1. The summed E-state index contributed by atoms with van der Waals surface area (Å²) in [4.78, 5) is 15.5. The zero-order valence-electron chi connectivity index (χ0n) is 19.1. The number of hydrazine groups is 1. The van der Waals surface area contributed by atoms with Crippen LogP contribution in [0.1, 0.15) is 42.9 Å². The molecule has 0 aromatic heterocycles. The van der Waals surface area contributed by atoms with E-state index >= 15 is 0 Å². The maximum absolute atomic E-state index is 13.2. The lowest BCUT2D eigenvalue weighted by atomic mass is 9.84. The number of nitrogens with zero attached hydrogens (tertiary/aromatic N) is 3. The number of aryl methyl sites for hydroxylation is 1. The SMILES string of the molecule is CCc1ccc(CN2N(Cc3ccc(OC(F)(F)F)cc3)C(=O)CC23CCN(C)CC3)cc1. The first-order chi connectivity index (χ1) is 15.7. The Morgan fingerprint density at radius 3 is 2.03 bits per heavy atom. The molecular weight excluding hydrogens is 431 g/mol. The molecule has 2 aromatic carbocycles. The maximum Gasteiger partial charge on any atom is 0.573 e. The van der Waals surface area contributed by atoms with Gasteiger partial charge in [0.15, 0.2) is 0 Å². The van der Waals surface area contributed by atoms with Crippen molar-refractivity contribution in [2.75, 3.05) is 20.1 Å². The third kappa shape index (κ3) is 5.50. The molecule has 33 heavy (non-hydrogen) atoms. The molecular formula is C25H30F3N3O2. The fourth-order valence-electron chi connectivity index (χ4n) is 4.77. The number of hydrogen-bond acceptors (Lipinski definition) is 4. The molecule has 0 atom stereocenters. The summed E-state index contributed by atoms with van der Waals surface area (Å²) in [5.41, 5.74) is 2.93. The van der Waals surface area contributed by atoms with Gasteiger partial charge in [0.25, 0.3) is 0 Å². The normalized spacial score (nSPS) is 19.4. The Kier molecular flexibility index (Phi) is 6.68. The van der Waals surface area contributed by atoms with Crippen LogP contribution in [0.5, 0.6) is 5.75 Å². The molecule has 1 amide bonds. The van der Waals surface area contributed by atoms with E-state index in [1.165, 1.54) is 17.7 Å². The third-order valence-electron chi connectivity index (χ3n) is 6.78. The summed E-state index contributed by atoms with van der Waals surface area (Å²) < 4.78 is 41.4. The minimum absolute atomic E-state index is 0.0559. The topological polar surface area (TPSA) is 36.0 Å². The second-order valence-corrected chi connectivity index (χ2v) is 9.08. The van der Waals surface area contributed by atoms with Crippen molar-refractivity contribution in [3.63, 3.8) is 0 Å². The first-order valence-corrected chi connectivity index (χ1v) is 11.4. The van der Waals surface area contributed by atoms with Crippen LogP contribution in [-0.4, -0.2) is 52.9 Å². The largest absolute Gasteiger partial charge is 0.573 e. The van der Waals surface area contributed by atoms with Crippen LogP contribution in [0.4, 0.5) is 13.2 Å². The number of alkyl halides is 3. The van der Waals surface area contributed by atoms with E-state index in [0.29, 0.717) is 19.5 Å². The predicted molar refractivity (Wildman–Crippen MR) is 119 cm³/mol. The lowest BCUT2D eigenvalue weighted by Crippen LogP contribution is -2.54. The lowest BCUT2D eigenvalue weighted by molar-refractivity contribution is -0.274. The van der Waals surface area contributed by atoms with E-state index in [4.69, 9.17) is 0 Å². The van der Waals surface area contributed by atoms with Crippen molar-refractivity contribution in [2.24, 2.45) is 0 Å². The zero-order valence-corrected chi connectivity index (χ0v) is 19.1. The molecule has 0 saturated carbocycles. The van der Waals surface area contributed by atoms with Crippen molar-refractivity contribution in [1.82, 2.24) is 14.9 Å². The number of amides is 1. The molecule has 2 aliphatic rings. The molecule has 0 aliphatic carbocycles. The molecule has 0 unspecified atom stereocenters. The number of hydrogen-bond donors (Lipinski definition) is 0. The van der Waals surface area contributed by atoms with Gasteiger partial charge in [-0.15, -0.1) is 13.2 Å². The van der Waals surface area contributed by atoms with Gasteiger partial charge in [-0.3, -0.25) is 9.80 Å².